The Kier molecular flexibility index (Phi) is 8.79. The Bertz CT molecular complexity index is 768. The zero-order valence-electron chi connectivity index (χ0n) is 17.2. The van der Waals surface area contributed by atoms with Gasteiger partial charge in [0.2, 0.25) is 0 Å². The Labute approximate surface area is 171 Å². The predicted octanol–water partition coefficient (Wildman–Crippen LogP) is 3.98. The summed E-state index contributed by atoms with van der Waals surface area (Å²) in [6.45, 7) is 5.82. The number of ether oxygens (including phenoxy) is 1. The van der Waals surface area contributed by atoms with E-state index in [2.05, 4.69) is 12.2 Å². The van der Waals surface area contributed by atoms with Crippen LogP contribution in [0.4, 0.5) is 8.78 Å². The van der Waals surface area contributed by atoms with E-state index in [1.165, 1.54) is 6.20 Å². The number of halogens is 2. The van der Waals surface area contributed by atoms with Gasteiger partial charge in [-0.25, -0.2) is 8.78 Å². The minimum Gasteiger partial charge on any atom is -0.404 e. The van der Waals surface area contributed by atoms with E-state index in [-0.39, 0.29) is 17.2 Å². The molecule has 7 heteroatoms. The van der Waals surface area contributed by atoms with Gasteiger partial charge in [0.25, 0.3) is 6.43 Å². The van der Waals surface area contributed by atoms with Gasteiger partial charge in [0.15, 0.2) is 0 Å². The molecule has 0 saturated carbocycles. The van der Waals surface area contributed by atoms with Crippen molar-refractivity contribution in [3.8, 4) is 0 Å². The number of nitrogens with two attached hydrogens (primary N) is 2. The van der Waals surface area contributed by atoms with Crippen molar-refractivity contribution in [2.75, 3.05) is 19.8 Å². The molecule has 1 heterocycles. The van der Waals surface area contributed by atoms with Crippen molar-refractivity contribution < 1.29 is 13.5 Å². The van der Waals surface area contributed by atoms with Crippen molar-refractivity contribution in [1.82, 2.24) is 5.32 Å². The maximum atomic E-state index is 13.9. The van der Waals surface area contributed by atoms with Crippen molar-refractivity contribution in [2.24, 2.45) is 11.5 Å². The monoisotopic (exact) mass is 406 g/mol. The van der Waals surface area contributed by atoms with E-state index >= 15 is 0 Å². The number of allylic oxidation sites excluding steroid dienone is 2. The zero-order chi connectivity index (χ0) is 21.4. The standard InChI is InChI=1S/C22H32F2N4O/c1-3-4-15-9-19(16(11-26)12-27)20(22(23)24)10-18(15)14(2)21(5-7-25)28-17-6-8-29-13-17/h9-12,17,22,26,28H,3-8,13,25,27H2,1-2H3/b16-12?,21-14-,26-11?. The highest BCUT2D eigenvalue weighted by Gasteiger charge is 2.22. The molecule has 0 spiro atoms. The van der Waals surface area contributed by atoms with Crippen LogP contribution < -0.4 is 16.8 Å². The van der Waals surface area contributed by atoms with Crippen LogP contribution in [0.1, 0.15) is 61.8 Å². The van der Waals surface area contributed by atoms with Crippen LogP contribution >= 0.6 is 0 Å². The van der Waals surface area contributed by atoms with Gasteiger partial charge < -0.3 is 26.9 Å². The van der Waals surface area contributed by atoms with Crippen LogP contribution in [-0.2, 0) is 11.2 Å². The molecule has 6 N–H and O–H groups in total. The number of alkyl halides is 2. The second kappa shape index (κ2) is 11.1. The van der Waals surface area contributed by atoms with Crippen molar-refractivity contribution >= 4 is 17.4 Å². The van der Waals surface area contributed by atoms with Gasteiger partial charge in [-0.1, -0.05) is 13.3 Å². The second-order valence-corrected chi connectivity index (χ2v) is 7.26. The number of hydrogen-bond donors (Lipinski definition) is 4. The summed E-state index contributed by atoms with van der Waals surface area (Å²) in [7, 11) is 0. The lowest BCUT2D eigenvalue weighted by atomic mass is 9.88. The molecule has 1 fully saturated rings. The molecule has 1 aliphatic rings. The van der Waals surface area contributed by atoms with E-state index in [1.54, 1.807) is 12.1 Å². The number of benzene rings is 1. The van der Waals surface area contributed by atoms with E-state index in [0.29, 0.717) is 25.1 Å². The molecule has 1 aliphatic heterocycles. The maximum absolute atomic E-state index is 13.9. The third kappa shape index (κ3) is 5.64. The fourth-order valence-electron chi connectivity index (χ4n) is 3.70. The molecule has 0 aromatic heterocycles. The molecule has 0 radical (unpaired) electrons. The van der Waals surface area contributed by atoms with Crippen LogP contribution in [-0.4, -0.2) is 32.0 Å². The van der Waals surface area contributed by atoms with Gasteiger partial charge >= 0.3 is 0 Å². The minimum atomic E-state index is -2.67. The summed E-state index contributed by atoms with van der Waals surface area (Å²) < 4.78 is 33.2. The molecule has 1 aromatic carbocycles. The fourth-order valence-corrected chi connectivity index (χ4v) is 3.70. The van der Waals surface area contributed by atoms with E-state index in [9.17, 15) is 8.78 Å². The summed E-state index contributed by atoms with van der Waals surface area (Å²) in [5, 5.41) is 11.0. The largest absolute Gasteiger partial charge is 0.404 e. The summed E-state index contributed by atoms with van der Waals surface area (Å²) in [6.07, 6.45) is 2.70. The van der Waals surface area contributed by atoms with E-state index in [0.717, 1.165) is 54.5 Å². The normalized spacial score (nSPS) is 18.1. The molecule has 5 nitrogen and oxygen atoms in total. The Hall–Kier alpha value is -2.25. The van der Waals surface area contributed by atoms with Gasteiger partial charge in [0.1, 0.15) is 0 Å². The number of rotatable bonds is 10. The molecule has 0 bridgehead atoms. The first-order chi connectivity index (χ1) is 14.0. The van der Waals surface area contributed by atoms with Crippen LogP contribution in [0, 0.1) is 5.41 Å². The Morgan fingerprint density at radius 3 is 2.66 bits per heavy atom. The SMILES string of the molecule is CCCc1cc(C(C=N)=CN)c(C(F)F)cc1/C(C)=C(/CCN)NC1CCOC1. The lowest BCUT2D eigenvalue weighted by Crippen LogP contribution is -2.30. The van der Waals surface area contributed by atoms with Gasteiger partial charge in [-0.3, -0.25) is 0 Å². The van der Waals surface area contributed by atoms with Gasteiger partial charge in [0, 0.05) is 35.9 Å². The van der Waals surface area contributed by atoms with Crippen molar-refractivity contribution in [3.05, 3.63) is 46.3 Å². The molecule has 0 aliphatic carbocycles. The molecule has 29 heavy (non-hydrogen) atoms. The Balaban J connectivity index is 2.63. The summed E-state index contributed by atoms with van der Waals surface area (Å²) in [5.41, 5.74) is 15.5. The molecule has 1 atom stereocenters. The maximum Gasteiger partial charge on any atom is 0.264 e. The average Bonchev–Trinajstić information content (AvgIpc) is 3.21. The minimum absolute atomic E-state index is 0.115. The van der Waals surface area contributed by atoms with Gasteiger partial charge in [-0.15, -0.1) is 0 Å². The summed E-state index contributed by atoms with van der Waals surface area (Å²) in [5.74, 6) is 0. The topological polar surface area (TPSA) is 97.2 Å². The van der Waals surface area contributed by atoms with Crippen LogP contribution in [0.25, 0.3) is 11.1 Å². The first-order valence-corrected chi connectivity index (χ1v) is 10.1. The molecular weight excluding hydrogens is 374 g/mol. The van der Waals surface area contributed by atoms with Crippen molar-refractivity contribution in [3.63, 3.8) is 0 Å². The summed E-state index contributed by atoms with van der Waals surface area (Å²) >= 11 is 0. The molecule has 1 saturated heterocycles. The highest BCUT2D eigenvalue weighted by molar-refractivity contribution is 6.09. The van der Waals surface area contributed by atoms with Crippen molar-refractivity contribution in [2.45, 2.75) is 52.0 Å². The van der Waals surface area contributed by atoms with Crippen LogP contribution in [0.15, 0.2) is 24.0 Å². The second-order valence-electron chi connectivity index (χ2n) is 7.26. The first kappa shape index (κ1) is 23.0. The predicted molar refractivity (Wildman–Crippen MR) is 115 cm³/mol. The molecular formula is C22H32F2N4O. The number of aryl methyl sites for hydroxylation is 1. The highest BCUT2D eigenvalue weighted by atomic mass is 19.3. The molecule has 160 valence electrons. The van der Waals surface area contributed by atoms with Crippen LogP contribution in [0.3, 0.4) is 0 Å². The highest BCUT2D eigenvalue weighted by Crippen LogP contribution is 2.34. The Morgan fingerprint density at radius 1 is 1.38 bits per heavy atom. The quantitative estimate of drug-likeness (QED) is 0.442. The van der Waals surface area contributed by atoms with Gasteiger partial charge in [-0.05, 0) is 67.1 Å². The number of nitrogens with one attached hydrogen (secondary N) is 2. The summed E-state index contributed by atoms with van der Waals surface area (Å²) in [4.78, 5) is 0. The van der Waals surface area contributed by atoms with E-state index < -0.39 is 6.43 Å². The zero-order valence-corrected chi connectivity index (χ0v) is 17.2. The van der Waals surface area contributed by atoms with Crippen molar-refractivity contribution in [1.29, 1.82) is 5.41 Å². The first-order valence-electron chi connectivity index (χ1n) is 10.1. The molecule has 1 aromatic rings. The fraction of sp³-hybridized carbons (Fsp3) is 0.500. The van der Waals surface area contributed by atoms with E-state index in [1.807, 2.05) is 6.92 Å². The summed E-state index contributed by atoms with van der Waals surface area (Å²) in [6, 6.07) is 3.52. The van der Waals surface area contributed by atoms with E-state index in [4.69, 9.17) is 21.6 Å². The molecule has 0 amide bonds. The van der Waals surface area contributed by atoms with Crippen LogP contribution in [0.2, 0.25) is 0 Å². The smallest absolute Gasteiger partial charge is 0.264 e. The average molecular weight is 407 g/mol. The van der Waals surface area contributed by atoms with Gasteiger partial charge in [0.05, 0.1) is 12.6 Å². The van der Waals surface area contributed by atoms with Crippen LogP contribution in [0.5, 0.6) is 0 Å². The molecule has 2 rings (SSSR count). The third-order valence-corrected chi connectivity index (χ3v) is 5.23. The lowest BCUT2D eigenvalue weighted by Gasteiger charge is -2.22. The van der Waals surface area contributed by atoms with Gasteiger partial charge in [-0.2, -0.15) is 0 Å². The third-order valence-electron chi connectivity index (χ3n) is 5.23. The number of hydrogen-bond acceptors (Lipinski definition) is 5. The Morgan fingerprint density at radius 2 is 2.14 bits per heavy atom. The molecule has 1 unspecified atom stereocenters. The lowest BCUT2D eigenvalue weighted by molar-refractivity contribution is 0.151.